The molecule has 3 nitrogen and oxygen atoms in total. The number of thiophene rings is 1. The van der Waals surface area contributed by atoms with E-state index in [1.54, 1.807) is 17.4 Å². The van der Waals surface area contributed by atoms with Gasteiger partial charge in [-0.25, -0.2) is 4.79 Å². The first kappa shape index (κ1) is 14.3. The van der Waals surface area contributed by atoms with Crippen molar-refractivity contribution in [2.75, 3.05) is 12.4 Å². The molecular weight excluding hydrogens is 270 g/mol. The quantitative estimate of drug-likeness (QED) is 0.648. The van der Waals surface area contributed by atoms with Crippen molar-refractivity contribution in [3.05, 3.63) is 65.4 Å². The number of carbonyl (C=O) groups is 1. The number of methoxy groups -OCH3 is 1. The van der Waals surface area contributed by atoms with Gasteiger partial charge in [-0.3, -0.25) is 0 Å². The van der Waals surface area contributed by atoms with Crippen LogP contribution in [0.15, 0.2) is 59.8 Å². The first-order valence-corrected chi connectivity index (χ1v) is 7.22. The Kier molecular flexibility index (Phi) is 4.58. The molecular formula is C16H17NO2S. The van der Waals surface area contributed by atoms with Crippen LogP contribution in [0.3, 0.4) is 0 Å². The molecule has 1 N–H and O–H groups in total. The summed E-state index contributed by atoms with van der Waals surface area (Å²) in [7, 11) is 1.40. The maximum atomic E-state index is 12.4. The number of nitrogens with one attached hydrogen (secondary N) is 1. The highest BCUT2D eigenvalue weighted by Crippen LogP contribution is 2.33. The summed E-state index contributed by atoms with van der Waals surface area (Å²) >= 11 is 1.55. The molecule has 1 unspecified atom stereocenters. The fraction of sp³-hybridized carbons (Fsp3) is 0.188. The molecule has 0 amide bonds. The molecule has 1 aromatic heterocycles. The van der Waals surface area contributed by atoms with Gasteiger partial charge in [-0.2, -0.15) is 11.3 Å². The number of hydrogen-bond acceptors (Lipinski definition) is 4. The van der Waals surface area contributed by atoms with E-state index < -0.39 is 5.54 Å². The van der Waals surface area contributed by atoms with Crippen molar-refractivity contribution in [3.8, 4) is 0 Å². The van der Waals surface area contributed by atoms with Gasteiger partial charge in [0.1, 0.15) is 0 Å². The van der Waals surface area contributed by atoms with E-state index >= 15 is 0 Å². The Morgan fingerprint density at radius 3 is 2.70 bits per heavy atom. The maximum absolute atomic E-state index is 12.4. The van der Waals surface area contributed by atoms with E-state index in [1.165, 1.54) is 7.11 Å². The number of carbonyl (C=O) groups excluding carboxylic acids is 1. The molecule has 0 bridgehead atoms. The summed E-state index contributed by atoms with van der Waals surface area (Å²) in [4.78, 5) is 12.4. The second-order valence-corrected chi connectivity index (χ2v) is 5.17. The lowest BCUT2D eigenvalue weighted by Crippen LogP contribution is -2.43. The molecule has 20 heavy (non-hydrogen) atoms. The number of rotatable bonds is 6. The highest BCUT2D eigenvalue weighted by atomic mass is 32.1. The predicted molar refractivity (Wildman–Crippen MR) is 82.9 cm³/mol. The third-order valence-electron chi connectivity index (χ3n) is 3.13. The molecule has 2 rings (SSSR count). The molecule has 104 valence electrons. The molecule has 0 aliphatic carbocycles. The Bertz CT molecular complexity index is 565. The lowest BCUT2D eigenvalue weighted by atomic mass is 9.88. The van der Waals surface area contributed by atoms with E-state index in [-0.39, 0.29) is 5.97 Å². The zero-order chi connectivity index (χ0) is 14.4. The number of benzene rings is 1. The van der Waals surface area contributed by atoms with Crippen molar-refractivity contribution in [3.63, 3.8) is 0 Å². The number of para-hydroxylation sites is 1. The van der Waals surface area contributed by atoms with Crippen molar-refractivity contribution >= 4 is 23.0 Å². The van der Waals surface area contributed by atoms with Crippen LogP contribution < -0.4 is 5.32 Å². The SMILES string of the molecule is C=CCC(Nc1ccccc1)(C(=O)OC)c1ccsc1. The minimum atomic E-state index is -0.933. The average molecular weight is 287 g/mol. The molecule has 1 atom stereocenters. The van der Waals surface area contributed by atoms with Crippen molar-refractivity contribution in [2.45, 2.75) is 12.0 Å². The molecule has 4 heteroatoms. The van der Waals surface area contributed by atoms with Crippen molar-refractivity contribution in [2.24, 2.45) is 0 Å². The Morgan fingerprint density at radius 2 is 2.15 bits per heavy atom. The Labute approximate surface area is 122 Å². The molecule has 0 fully saturated rings. The van der Waals surface area contributed by atoms with Crippen LogP contribution in [0, 0.1) is 0 Å². The minimum Gasteiger partial charge on any atom is -0.467 e. The van der Waals surface area contributed by atoms with E-state index in [9.17, 15) is 4.79 Å². The smallest absolute Gasteiger partial charge is 0.336 e. The maximum Gasteiger partial charge on any atom is 0.336 e. The second-order valence-electron chi connectivity index (χ2n) is 4.39. The summed E-state index contributed by atoms with van der Waals surface area (Å²) in [5.41, 5.74) is 0.821. The third kappa shape index (κ3) is 2.75. The van der Waals surface area contributed by atoms with E-state index in [0.29, 0.717) is 6.42 Å². The molecule has 1 heterocycles. The predicted octanol–water partition coefficient (Wildman–Crippen LogP) is 3.80. The monoisotopic (exact) mass is 287 g/mol. The Hall–Kier alpha value is -2.07. The van der Waals surface area contributed by atoms with Gasteiger partial charge in [-0.05, 0) is 34.5 Å². The first-order valence-electron chi connectivity index (χ1n) is 6.28. The molecule has 0 saturated carbocycles. The zero-order valence-electron chi connectivity index (χ0n) is 11.3. The number of hydrogen-bond donors (Lipinski definition) is 1. The summed E-state index contributed by atoms with van der Waals surface area (Å²) in [6.45, 7) is 3.77. The molecule has 0 aliphatic heterocycles. The van der Waals surface area contributed by atoms with E-state index in [0.717, 1.165) is 11.3 Å². The summed E-state index contributed by atoms with van der Waals surface area (Å²) in [5.74, 6) is -0.320. The van der Waals surface area contributed by atoms with E-state index in [4.69, 9.17) is 4.74 Å². The summed E-state index contributed by atoms with van der Waals surface area (Å²) in [6, 6.07) is 11.6. The van der Waals surface area contributed by atoms with Gasteiger partial charge >= 0.3 is 5.97 Å². The molecule has 1 aromatic carbocycles. The molecule has 0 saturated heterocycles. The lowest BCUT2D eigenvalue weighted by molar-refractivity contribution is -0.146. The Morgan fingerprint density at radius 1 is 1.40 bits per heavy atom. The number of ether oxygens (including phenoxy) is 1. The van der Waals surface area contributed by atoms with Crippen LogP contribution in [0.2, 0.25) is 0 Å². The van der Waals surface area contributed by atoms with E-state index in [1.807, 2.05) is 47.2 Å². The standard InChI is InChI=1S/C16H17NO2S/c1-3-10-16(15(18)19-2,13-9-11-20-12-13)17-14-7-5-4-6-8-14/h3-9,11-12,17H,1,10H2,2H3. The van der Waals surface area contributed by atoms with Crippen LogP contribution in [0.5, 0.6) is 0 Å². The van der Waals surface area contributed by atoms with Crippen LogP contribution in [0.4, 0.5) is 5.69 Å². The lowest BCUT2D eigenvalue weighted by Gasteiger charge is -2.31. The van der Waals surface area contributed by atoms with Crippen molar-refractivity contribution in [1.82, 2.24) is 0 Å². The van der Waals surface area contributed by atoms with Crippen molar-refractivity contribution in [1.29, 1.82) is 0 Å². The van der Waals surface area contributed by atoms with E-state index in [2.05, 4.69) is 11.9 Å². The number of esters is 1. The van der Waals surface area contributed by atoms with Crippen LogP contribution in [-0.2, 0) is 15.1 Å². The highest BCUT2D eigenvalue weighted by molar-refractivity contribution is 7.08. The van der Waals surface area contributed by atoms with Gasteiger partial charge in [-0.1, -0.05) is 24.3 Å². The molecule has 2 aromatic rings. The van der Waals surface area contributed by atoms with Gasteiger partial charge in [0.05, 0.1) is 7.11 Å². The second kappa shape index (κ2) is 6.39. The first-order chi connectivity index (χ1) is 9.73. The summed E-state index contributed by atoms with van der Waals surface area (Å²) < 4.78 is 5.02. The van der Waals surface area contributed by atoms with Gasteiger partial charge in [0.2, 0.25) is 0 Å². The minimum absolute atomic E-state index is 0.320. The van der Waals surface area contributed by atoms with Gasteiger partial charge < -0.3 is 10.1 Å². The third-order valence-corrected chi connectivity index (χ3v) is 3.81. The van der Waals surface area contributed by atoms with Crippen LogP contribution in [-0.4, -0.2) is 13.1 Å². The van der Waals surface area contributed by atoms with Crippen LogP contribution in [0.25, 0.3) is 0 Å². The molecule has 0 spiro atoms. The molecule has 0 aliphatic rings. The number of anilines is 1. The fourth-order valence-corrected chi connectivity index (χ4v) is 2.89. The fourth-order valence-electron chi connectivity index (χ4n) is 2.16. The summed E-state index contributed by atoms with van der Waals surface area (Å²) in [6.07, 6.45) is 2.18. The molecule has 0 radical (unpaired) electrons. The Balaban J connectivity index is 2.46. The van der Waals surface area contributed by atoms with Crippen LogP contribution in [0.1, 0.15) is 12.0 Å². The normalized spacial score (nSPS) is 13.2. The highest BCUT2D eigenvalue weighted by Gasteiger charge is 2.40. The van der Waals surface area contributed by atoms with Gasteiger partial charge in [-0.15, -0.1) is 6.58 Å². The van der Waals surface area contributed by atoms with Gasteiger partial charge in [0, 0.05) is 12.1 Å². The largest absolute Gasteiger partial charge is 0.467 e. The zero-order valence-corrected chi connectivity index (χ0v) is 12.2. The van der Waals surface area contributed by atoms with Crippen molar-refractivity contribution < 1.29 is 9.53 Å². The van der Waals surface area contributed by atoms with Crippen LogP contribution >= 0.6 is 11.3 Å². The van der Waals surface area contributed by atoms with Gasteiger partial charge in [0.15, 0.2) is 5.54 Å². The average Bonchev–Trinajstić information content (AvgIpc) is 3.01. The topological polar surface area (TPSA) is 38.3 Å². The van der Waals surface area contributed by atoms with Gasteiger partial charge in [0.25, 0.3) is 0 Å². The summed E-state index contributed by atoms with van der Waals surface area (Å²) in [5, 5.41) is 7.21.